The molecule has 1 aliphatic heterocycles. The molecule has 0 bridgehead atoms. The van der Waals surface area contributed by atoms with E-state index in [1.807, 2.05) is 18.2 Å². The van der Waals surface area contributed by atoms with Gasteiger partial charge in [0.2, 0.25) is 0 Å². The number of hydrogen-bond acceptors (Lipinski definition) is 1. The van der Waals surface area contributed by atoms with E-state index in [-0.39, 0.29) is 5.38 Å². The molecule has 1 aliphatic rings. The first kappa shape index (κ1) is 14.0. The van der Waals surface area contributed by atoms with Crippen molar-refractivity contribution < 1.29 is 4.74 Å². The Balaban J connectivity index is 1.73. The third-order valence-electron chi connectivity index (χ3n) is 3.65. The highest BCUT2D eigenvalue weighted by molar-refractivity contribution is 9.10. The predicted octanol–water partition coefficient (Wildman–Crippen LogP) is 5.30. The van der Waals surface area contributed by atoms with Crippen molar-refractivity contribution >= 4 is 27.5 Å². The zero-order chi connectivity index (χ0) is 13.9. The van der Waals surface area contributed by atoms with Crippen molar-refractivity contribution in [2.24, 2.45) is 0 Å². The van der Waals surface area contributed by atoms with Gasteiger partial charge in [0.05, 0.1) is 12.0 Å². The van der Waals surface area contributed by atoms with Gasteiger partial charge >= 0.3 is 0 Å². The Morgan fingerprint density at radius 2 is 2.00 bits per heavy atom. The lowest BCUT2D eigenvalue weighted by molar-refractivity contribution is 0.353. The van der Waals surface area contributed by atoms with E-state index < -0.39 is 0 Å². The number of rotatable bonds is 4. The minimum absolute atomic E-state index is 0.0484. The van der Waals surface area contributed by atoms with E-state index in [1.54, 1.807) is 0 Å². The van der Waals surface area contributed by atoms with Crippen LogP contribution in [0.3, 0.4) is 0 Å². The molecule has 0 N–H and O–H groups in total. The monoisotopic (exact) mass is 350 g/mol. The lowest BCUT2D eigenvalue weighted by Crippen LogP contribution is -1.97. The first-order valence-corrected chi connectivity index (χ1v) is 8.10. The highest BCUT2D eigenvalue weighted by Crippen LogP contribution is 2.35. The third-order valence-corrected chi connectivity index (χ3v) is 4.58. The van der Waals surface area contributed by atoms with Crippen LogP contribution in [-0.2, 0) is 12.8 Å². The van der Waals surface area contributed by atoms with Crippen LogP contribution in [0.5, 0.6) is 5.75 Å². The van der Waals surface area contributed by atoms with E-state index in [2.05, 4.69) is 40.2 Å². The highest BCUT2D eigenvalue weighted by atomic mass is 79.9. The van der Waals surface area contributed by atoms with Crippen LogP contribution >= 0.6 is 27.5 Å². The Kier molecular flexibility index (Phi) is 4.32. The highest BCUT2D eigenvalue weighted by Gasteiger charge is 2.18. The maximum Gasteiger partial charge on any atom is 0.125 e. The quantitative estimate of drug-likeness (QED) is 0.679. The number of aryl methyl sites for hydroxylation is 1. The molecule has 1 unspecified atom stereocenters. The van der Waals surface area contributed by atoms with Crippen molar-refractivity contribution in [1.29, 1.82) is 0 Å². The van der Waals surface area contributed by atoms with E-state index in [0.29, 0.717) is 0 Å². The molecule has 0 spiro atoms. The summed E-state index contributed by atoms with van der Waals surface area (Å²) in [5.74, 6) is 1.07. The fraction of sp³-hybridized carbons (Fsp3) is 0.294. The van der Waals surface area contributed by atoms with Crippen LogP contribution in [0.2, 0.25) is 0 Å². The Morgan fingerprint density at radius 3 is 2.80 bits per heavy atom. The summed E-state index contributed by atoms with van der Waals surface area (Å²) in [7, 11) is 0. The minimum atomic E-state index is 0.0484. The van der Waals surface area contributed by atoms with E-state index in [1.165, 1.54) is 16.7 Å². The van der Waals surface area contributed by atoms with Crippen LogP contribution in [0.4, 0.5) is 0 Å². The van der Waals surface area contributed by atoms with Gasteiger partial charge in [0, 0.05) is 10.9 Å². The molecule has 0 fully saturated rings. The molecule has 104 valence electrons. The SMILES string of the molecule is ClC(CCc1cc(Br)cc2c1OCC2)c1ccccc1. The van der Waals surface area contributed by atoms with E-state index in [4.69, 9.17) is 16.3 Å². The van der Waals surface area contributed by atoms with Crippen LogP contribution in [0.1, 0.15) is 28.5 Å². The number of fused-ring (bicyclic) bond motifs is 1. The molecular weight excluding hydrogens is 336 g/mol. The van der Waals surface area contributed by atoms with Crippen molar-refractivity contribution in [1.82, 2.24) is 0 Å². The van der Waals surface area contributed by atoms with Crippen molar-refractivity contribution in [3.8, 4) is 5.75 Å². The summed E-state index contributed by atoms with van der Waals surface area (Å²) in [5.41, 5.74) is 3.75. The second-order valence-electron chi connectivity index (χ2n) is 5.07. The van der Waals surface area contributed by atoms with Gasteiger partial charge in [0.15, 0.2) is 0 Å². The van der Waals surface area contributed by atoms with Gasteiger partial charge in [-0.2, -0.15) is 0 Å². The Labute approximate surface area is 133 Å². The van der Waals surface area contributed by atoms with Gasteiger partial charge in [-0.1, -0.05) is 46.3 Å². The molecule has 1 nitrogen and oxygen atoms in total. The summed E-state index contributed by atoms with van der Waals surface area (Å²) >= 11 is 10.1. The lowest BCUT2D eigenvalue weighted by Gasteiger charge is -2.12. The molecule has 0 aliphatic carbocycles. The molecule has 3 heteroatoms. The molecule has 2 aromatic carbocycles. The molecule has 1 heterocycles. The normalized spacial score (nSPS) is 14.7. The fourth-order valence-electron chi connectivity index (χ4n) is 2.64. The summed E-state index contributed by atoms with van der Waals surface area (Å²) in [6.45, 7) is 0.793. The van der Waals surface area contributed by atoms with Crippen LogP contribution in [0.25, 0.3) is 0 Å². The standard InChI is InChI=1S/C17H16BrClO/c18-15-10-13(17-14(11-15)8-9-20-17)6-7-16(19)12-4-2-1-3-5-12/h1-5,10-11,16H,6-9H2. The van der Waals surface area contributed by atoms with Crippen molar-refractivity contribution in [2.75, 3.05) is 6.61 Å². The average Bonchev–Trinajstić information content (AvgIpc) is 2.93. The van der Waals surface area contributed by atoms with E-state index in [0.717, 1.165) is 36.1 Å². The third kappa shape index (κ3) is 3.02. The fourth-order valence-corrected chi connectivity index (χ4v) is 3.45. The largest absolute Gasteiger partial charge is 0.493 e. The van der Waals surface area contributed by atoms with Crippen molar-refractivity contribution in [3.63, 3.8) is 0 Å². The van der Waals surface area contributed by atoms with Crippen LogP contribution in [-0.4, -0.2) is 6.61 Å². The number of hydrogen-bond donors (Lipinski definition) is 0. The van der Waals surface area contributed by atoms with Gasteiger partial charge in [-0.15, -0.1) is 11.6 Å². The number of halogens is 2. The zero-order valence-electron chi connectivity index (χ0n) is 11.1. The molecule has 0 amide bonds. The number of benzene rings is 2. The van der Waals surface area contributed by atoms with Gasteiger partial charge in [-0.25, -0.2) is 0 Å². The summed E-state index contributed by atoms with van der Waals surface area (Å²) in [6.07, 6.45) is 2.85. The second-order valence-corrected chi connectivity index (χ2v) is 6.51. The van der Waals surface area contributed by atoms with Gasteiger partial charge in [0.1, 0.15) is 5.75 Å². The van der Waals surface area contributed by atoms with Gasteiger partial charge < -0.3 is 4.74 Å². The molecule has 0 saturated carbocycles. The number of alkyl halides is 1. The number of ether oxygens (including phenoxy) is 1. The van der Waals surface area contributed by atoms with Crippen LogP contribution in [0, 0.1) is 0 Å². The molecule has 20 heavy (non-hydrogen) atoms. The maximum absolute atomic E-state index is 6.49. The lowest BCUT2D eigenvalue weighted by atomic mass is 10.0. The Hall–Kier alpha value is -0.990. The first-order chi connectivity index (χ1) is 9.74. The molecule has 2 aromatic rings. The summed E-state index contributed by atoms with van der Waals surface area (Å²) in [5, 5.41) is 0.0484. The van der Waals surface area contributed by atoms with E-state index >= 15 is 0 Å². The second kappa shape index (κ2) is 6.19. The summed E-state index contributed by atoms with van der Waals surface area (Å²) in [6, 6.07) is 14.6. The van der Waals surface area contributed by atoms with Crippen LogP contribution < -0.4 is 4.74 Å². The zero-order valence-corrected chi connectivity index (χ0v) is 13.5. The van der Waals surface area contributed by atoms with Crippen molar-refractivity contribution in [2.45, 2.75) is 24.6 Å². The average molecular weight is 352 g/mol. The first-order valence-electron chi connectivity index (χ1n) is 6.87. The van der Waals surface area contributed by atoms with Gasteiger partial charge in [0.25, 0.3) is 0 Å². The van der Waals surface area contributed by atoms with Crippen LogP contribution in [0.15, 0.2) is 46.9 Å². The molecule has 0 saturated heterocycles. The molecule has 0 aromatic heterocycles. The van der Waals surface area contributed by atoms with Gasteiger partial charge in [-0.3, -0.25) is 0 Å². The summed E-state index contributed by atoms with van der Waals surface area (Å²) < 4.78 is 6.89. The molecule has 3 rings (SSSR count). The van der Waals surface area contributed by atoms with Gasteiger partial charge in [-0.05, 0) is 41.7 Å². The Morgan fingerprint density at radius 1 is 1.20 bits per heavy atom. The maximum atomic E-state index is 6.49. The predicted molar refractivity (Wildman–Crippen MR) is 86.7 cm³/mol. The molecule has 0 radical (unpaired) electrons. The Bertz CT molecular complexity index is 597. The topological polar surface area (TPSA) is 9.23 Å². The minimum Gasteiger partial charge on any atom is -0.493 e. The summed E-state index contributed by atoms with van der Waals surface area (Å²) in [4.78, 5) is 0. The van der Waals surface area contributed by atoms with E-state index in [9.17, 15) is 0 Å². The van der Waals surface area contributed by atoms with Crippen molar-refractivity contribution in [3.05, 3.63) is 63.6 Å². The molecular formula is C17H16BrClO. The molecule has 1 atom stereocenters. The smallest absolute Gasteiger partial charge is 0.125 e.